The third-order valence-corrected chi connectivity index (χ3v) is 1.28. The maximum atomic E-state index is 10.2. The van der Waals surface area contributed by atoms with Gasteiger partial charge in [0.2, 0.25) is 0 Å². The number of nitrogens with zero attached hydrogens (tertiary/aromatic N) is 1. The van der Waals surface area contributed by atoms with Gasteiger partial charge in [0.25, 0.3) is 0 Å². The molecular formula is C7H8N2O. The van der Waals surface area contributed by atoms with Crippen LogP contribution in [0, 0.1) is 6.92 Å². The molecule has 0 spiro atoms. The van der Waals surface area contributed by atoms with Crippen LogP contribution in [0.5, 0.6) is 0 Å². The topological polar surface area (TPSA) is 56.0 Å². The third-order valence-electron chi connectivity index (χ3n) is 1.28. The summed E-state index contributed by atoms with van der Waals surface area (Å²) in [4.78, 5) is 14.1. The van der Waals surface area contributed by atoms with Gasteiger partial charge in [-0.2, -0.15) is 0 Å². The van der Waals surface area contributed by atoms with Crippen molar-refractivity contribution in [3.63, 3.8) is 0 Å². The fourth-order valence-electron chi connectivity index (χ4n) is 0.632. The van der Waals surface area contributed by atoms with Gasteiger partial charge in [0.1, 0.15) is 0 Å². The smallest absolute Gasteiger partial charge is 0.151 e. The van der Waals surface area contributed by atoms with Crippen molar-refractivity contribution in [3.8, 4) is 0 Å². The summed E-state index contributed by atoms with van der Waals surface area (Å²) in [5, 5.41) is 0. The van der Waals surface area contributed by atoms with Gasteiger partial charge in [-0.05, 0) is 13.0 Å². The summed E-state index contributed by atoms with van der Waals surface area (Å²) in [6, 6.07) is 1.61. The van der Waals surface area contributed by atoms with E-state index >= 15 is 0 Å². The largest absolute Gasteiger partial charge is 0.397 e. The summed E-state index contributed by atoms with van der Waals surface area (Å²) in [6.07, 6.45) is 2.22. The van der Waals surface area contributed by atoms with E-state index in [4.69, 9.17) is 5.73 Å². The molecule has 0 saturated heterocycles. The molecule has 3 nitrogen and oxygen atoms in total. The van der Waals surface area contributed by atoms with Crippen LogP contribution in [0.2, 0.25) is 0 Å². The summed E-state index contributed by atoms with van der Waals surface area (Å²) >= 11 is 0. The first-order valence-corrected chi connectivity index (χ1v) is 2.91. The number of carbonyl (C=O) groups excluding carboxylic acids is 1. The molecule has 0 aromatic carbocycles. The van der Waals surface area contributed by atoms with Crippen LogP contribution in [-0.2, 0) is 0 Å². The Bertz CT molecular complexity index is 258. The van der Waals surface area contributed by atoms with Gasteiger partial charge in [0.15, 0.2) is 6.29 Å². The average Bonchev–Trinajstić information content (AvgIpc) is 1.95. The lowest BCUT2D eigenvalue weighted by Gasteiger charge is -1.96. The van der Waals surface area contributed by atoms with Gasteiger partial charge < -0.3 is 5.73 Å². The lowest BCUT2D eigenvalue weighted by atomic mass is 10.2. The fourth-order valence-corrected chi connectivity index (χ4v) is 0.632. The summed E-state index contributed by atoms with van der Waals surface area (Å²) in [5.74, 6) is 0. The third kappa shape index (κ3) is 1.13. The first kappa shape index (κ1) is 6.74. The number of hydrogen-bond donors (Lipinski definition) is 1. The van der Waals surface area contributed by atoms with Crippen molar-refractivity contribution in [1.29, 1.82) is 0 Å². The normalized spacial score (nSPS) is 9.30. The molecule has 1 aromatic rings. The highest BCUT2D eigenvalue weighted by atomic mass is 16.1. The molecule has 0 atom stereocenters. The number of anilines is 1. The van der Waals surface area contributed by atoms with Crippen LogP contribution in [0.25, 0.3) is 0 Å². The Kier molecular flexibility index (Phi) is 1.67. The number of pyridine rings is 1. The fraction of sp³-hybridized carbons (Fsp3) is 0.143. The molecular weight excluding hydrogens is 128 g/mol. The minimum atomic E-state index is 0.517. The van der Waals surface area contributed by atoms with Crippen LogP contribution in [0.3, 0.4) is 0 Å². The van der Waals surface area contributed by atoms with Gasteiger partial charge in [-0.25, -0.2) is 0 Å². The highest BCUT2D eigenvalue weighted by molar-refractivity contribution is 5.76. The summed E-state index contributed by atoms with van der Waals surface area (Å²) in [6.45, 7) is 1.80. The molecule has 0 amide bonds. The van der Waals surface area contributed by atoms with Crippen molar-refractivity contribution in [1.82, 2.24) is 4.98 Å². The molecule has 0 aliphatic carbocycles. The molecule has 2 N–H and O–H groups in total. The SMILES string of the molecule is Cc1ncc(C=O)cc1N. The highest BCUT2D eigenvalue weighted by Crippen LogP contribution is 2.07. The van der Waals surface area contributed by atoms with Crippen molar-refractivity contribution in [2.45, 2.75) is 6.92 Å². The van der Waals surface area contributed by atoms with Gasteiger partial charge in [-0.15, -0.1) is 0 Å². The van der Waals surface area contributed by atoms with E-state index in [-0.39, 0.29) is 0 Å². The monoisotopic (exact) mass is 136 g/mol. The van der Waals surface area contributed by atoms with Crippen LogP contribution in [-0.4, -0.2) is 11.3 Å². The van der Waals surface area contributed by atoms with Gasteiger partial charge >= 0.3 is 0 Å². The zero-order valence-electron chi connectivity index (χ0n) is 5.66. The first-order chi connectivity index (χ1) is 4.74. The average molecular weight is 136 g/mol. The van der Waals surface area contributed by atoms with Crippen LogP contribution >= 0.6 is 0 Å². The van der Waals surface area contributed by atoms with E-state index in [1.54, 1.807) is 13.0 Å². The van der Waals surface area contributed by atoms with Crippen molar-refractivity contribution in [3.05, 3.63) is 23.5 Å². The molecule has 1 heterocycles. The Hall–Kier alpha value is -1.38. The second-order valence-electron chi connectivity index (χ2n) is 2.06. The molecule has 0 radical (unpaired) electrons. The van der Waals surface area contributed by atoms with Crippen LogP contribution < -0.4 is 5.73 Å². The molecule has 0 unspecified atom stereocenters. The van der Waals surface area contributed by atoms with E-state index in [1.165, 1.54) is 6.20 Å². The zero-order valence-corrected chi connectivity index (χ0v) is 5.66. The number of nitrogens with two attached hydrogens (primary N) is 1. The maximum Gasteiger partial charge on any atom is 0.151 e. The minimum absolute atomic E-state index is 0.517. The maximum absolute atomic E-state index is 10.2. The molecule has 1 aromatic heterocycles. The molecule has 3 heteroatoms. The molecule has 0 aliphatic rings. The molecule has 0 saturated carbocycles. The van der Waals surface area contributed by atoms with Gasteiger partial charge in [-0.1, -0.05) is 0 Å². The Morgan fingerprint density at radius 2 is 2.40 bits per heavy atom. The van der Waals surface area contributed by atoms with Crippen LogP contribution in [0.1, 0.15) is 16.1 Å². The molecule has 52 valence electrons. The standard InChI is InChI=1S/C7H8N2O/c1-5-7(8)2-6(4-10)3-9-5/h2-4H,8H2,1H3. The summed E-state index contributed by atoms with van der Waals surface area (Å²) < 4.78 is 0. The Morgan fingerprint density at radius 1 is 1.70 bits per heavy atom. The Morgan fingerprint density at radius 3 is 2.90 bits per heavy atom. The van der Waals surface area contributed by atoms with Crippen LogP contribution in [0.4, 0.5) is 5.69 Å². The lowest BCUT2D eigenvalue weighted by Crippen LogP contribution is -1.94. The van der Waals surface area contributed by atoms with Crippen LogP contribution in [0.15, 0.2) is 12.3 Å². The quantitative estimate of drug-likeness (QED) is 0.580. The predicted molar refractivity (Wildman–Crippen MR) is 38.8 cm³/mol. The molecule has 0 fully saturated rings. The minimum Gasteiger partial charge on any atom is -0.397 e. The second-order valence-corrected chi connectivity index (χ2v) is 2.06. The predicted octanol–water partition coefficient (Wildman–Crippen LogP) is 0.785. The number of aromatic nitrogens is 1. The Balaban J connectivity index is 3.16. The number of hydrogen-bond acceptors (Lipinski definition) is 3. The summed E-state index contributed by atoms with van der Waals surface area (Å²) in [7, 11) is 0. The lowest BCUT2D eigenvalue weighted by molar-refractivity contribution is 0.112. The van der Waals surface area contributed by atoms with E-state index in [0.29, 0.717) is 11.3 Å². The molecule has 1 rings (SSSR count). The number of rotatable bonds is 1. The van der Waals surface area contributed by atoms with Crippen molar-refractivity contribution >= 4 is 12.0 Å². The number of nitrogen functional groups attached to an aromatic ring is 1. The zero-order chi connectivity index (χ0) is 7.56. The van der Waals surface area contributed by atoms with E-state index in [1.807, 2.05) is 0 Å². The van der Waals surface area contributed by atoms with E-state index in [0.717, 1.165) is 12.0 Å². The molecule has 0 bridgehead atoms. The molecule has 0 aliphatic heterocycles. The number of aldehydes is 1. The Labute approximate surface area is 58.9 Å². The van der Waals surface area contributed by atoms with Gasteiger partial charge in [-0.3, -0.25) is 9.78 Å². The number of carbonyl (C=O) groups is 1. The van der Waals surface area contributed by atoms with E-state index in [9.17, 15) is 4.79 Å². The summed E-state index contributed by atoms with van der Waals surface area (Å²) in [5.41, 5.74) is 7.31. The van der Waals surface area contributed by atoms with Crippen molar-refractivity contribution < 1.29 is 4.79 Å². The number of aryl methyl sites for hydroxylation is 1. The van der Waals surface area contributed by atoms with E-state index in [2.05, 4.69) is 4.98 Å². The van der Waals surface area contributed by atoms with E-state index < -0.39 is 0 Å². The van der Waals surface area contributed by atoms with Crippen molar-refractivity contribution in [2.24, 2.45) is 0 Å². The second kappa shape index (κ2) is 2.47. The molecule has 10 heavy (non-hydrogen) atoms. The van der Waals surface area contributed by atoms with Crippen molar-refractivity contribution in [2.75, 3.05) is 5.73 Å². The van der Waals surface area contributed by atoms with Gasteiger partial charge in [0.05, 0.1) is 11.4 Å². The first-order valence-electron chi connectivity index (χ1n) is 2.91. The highest BCUT2D eigenvalue weighted by Gasteiger charge is 1.94. The van der Waals surface area contributed by atoms with Gasteiger partial charge in [0, 0.05) is 11.8 Å².